The average molecular weight is 262 g/mol. The Bertz CT molecular complexity index is 269. The molecule has 5 atom stereocenters. The quantitative estimate of drug-likeness (QED) is 0.689. The zero-order valence-corrected chi connectivity index (χ0v) is 11.0. The number of rotatable bonds is 5. The van der Waals surface area contributed by atoms with E-state index in [0.717, 1.165) is 0 Å². The molecule has 106 valence electrons. The van der Waals surface area contributed by atoms with Crippen molar-refractivity contribution >= 4 is 5.97 Å². The second-order valence-electron chi connectivity index (χ2n) is 4.64. The summed E-state index contributed by atoms with van der Waals surface area (Å²) in [6.07, 6.45) is -1.89. The zero-order chi connectivity index (χ0) is 13.7. The summed E-state index contributed by atoms with van der Waals surface area (Å²) in [6.45, 7) is 3.53. The molecule has 6 heteroatoms. The van der Waals surface area contributed by atoms with Crippen LogP contribution in [0.25, 0.3) is 0 Å². The van der Waals surface area contributed by atoms with Crippen molar-refractivity contribution in [3.05, 3.63) is 0 Å². The van der Waals surface area contributed by atoms with Gasteiger partial charge in [0.25, 0.3) is 0 Å². The summed E-state index contributed by atoms with van der Waals surface area (Å²) < 4.78 is 15.4. The van der Waals surface area contributed by atoms with Crippen LogP contribution in [0.15, 0.2) is 0 Å². The lowest BCUT2D eigenvalue weighted by atomic mass is 10.0. The highest BCUT2D eigenvalue weighted by atomic mass is 16.7. The van der Waals surface area contributed by atoms with E-state index in [1.165, 1.54) is 7.11 Å². The molecule has 0 aromatic carbocycles. The van der Waals surface area contributed by atoms with Gasteiger partial charge >= 0.3 is 5.97 Å². The second-order valence-corrected chi connectivity index (χ2v) is 4.64. The van der Waals surface area contributed by atoms with Gasteiger partial charge in [-0.2, -0.15) is 0 Å². The molecule has 0 amide bonds. The third kappa shape index (κ3) is 4.53. The van der Waals surface area contributed by atoms with E-state index in [-0.39, 0.29) is 31.0 Å². The second kappa shape index (κ2) is 7.04. The summed E-state index contributed by atoms with van der Waals surface area (Å²) in [5, 5.41) is 19.2. The topological polar surface area (TPSA) is 85.2 Å². The molecule has 0 aromatic rings. The molecule has 1 aliphatic rings. The Kier molecular flexibility index (Phi) is 6.01. The Hall–Kier alpha value is -0.690. The largest absolute Gasteiger partial charge is 0.469 e. The molecule has 1 rings (SSSR count). The first kappa shape index (κ1) is 15.4. The molecule has 1 heterocycles. The number of carbonyl (C=O) groups excluding carboxylic acids is 1. The van der Waals surface area contributed by atoms with Crippen molar-refractivity contribution in [3.8, 4) is 0 Å². The summed E-state index contributed by atoms with van der Waals surface area (Å²) in [5.74, 6) is -0.292. The predicted molar refractivity (Wildman–Crippen MR) is 62.8 cm³/mol. The van der Waals surface area contributed by atoms with Crippen LogP contribution in [0.3, 0.4) is 0 Å². The molecule has 1 fully saturated rings. The molecule has 2 N–H and O–H groups in total. The Morgan fingerprint density at radius 1 is 1.44 bits per heavy atom. The zero-order valence-electron chi connectivity index (χ0n) is 11.0. The molecule has 0 radical (unpaired) electrons. The maximum absolute atomic E-state index is 11.0. The van der Waals surface area contributed by atoms with E-state index in [9.17, 15) is 15.0 Å². The Morgan fingerprint density at radius 2 is 2.11 bits per heavy atom. The van der Waals surface area contributed by atoms with Crippen LogP contribution in [0.4, 0.5) is 0 Å². The minimum atomic E-state index is -0.850. The van der Waals surface area contributed by atoms with Gasteiger partial charge in [0, 0.05) is 12.8 Å². The normalized spacial score (nSPS) is 34.1. The highest BCUT2D eigenvalue weighted by molar-refractivity contribution is 5.69. The van der Waals surface area contributed by atoms with Crippen molar-refractivity contribution in [2.24, 2.45) is 0 Å². The summed E-state index contributed by atoms with van der Waals surface area (Å²) >= 11 is 0. The minimum Gasteiger partial charge on any atom is -0.469 e. The molecule has 0 saturated carbocycles. The minimum absolute atomic E-state index is 0.230. The number of hydrogen-bond donors (Lipinski definition) is 2. The van der Waals surface area contributed by atoms with Crippen LogP contribution in [0.5, 0.6) is 0 Å². The smallest absolute Gasteiger partial charge is 0.305 e. The predicted octanol–water partition coefficient (Wildman–Crippen LogP) is 0.201. The molecular formula is C12H22O6. The standard InChI is InChI=1S/C12H22O6/c1-7(4-5-11(15)16-3)17-12-10(14)6-9(13)8(2)18-12/h7-10,12-14H,4-6H2,1-3H3/t7-,8+,9-,10-,12-/m1/s1. The van der Waals surface area contributed by atoms with Crippen LogP contribution in [-0.2, 0) is 19.0 Å². The fourth-order valence-electron chi connectivity index (χ4n) is 1.79. The maximum atomic E-state index is 11.0. The number of ether oxygens (including phenoxy) is 3. The highest BCUT2D eigenvalue weighted by Gasteiger charge is 2.35. The lowest BCUT2D eigenvalue weighted by Gasteiger charge is -2.36. The van der Waals surface area contributed by atoms with Gasteiger partial charge in [-0.15, -0.1) is 0 Å². The monoisotopic (exact) mass is 262 g/mol. The molecule has 6 nitrogen and oxygen atoms in total. The first-order chi connectivity index (χ1) is 8.43. The highest BCUT2D eigenvalue weighted by Crippen LogP contribution is 2.22. The Morgan fingerprint density at radius 3 is 2.72 bits per heavy atom. The Labute approximate surface area is 107 Å². The van der Waals surface area contributed by atoms with E-state index in [4.69, 9.17) is 9.47 Å². The fraction of sp³-hybridized carbons (Fsp3) is 0.917. The fourth-order valence-corrected chi connectivity index (χ4v) is 1.79. The lowest BCUT2D eigenvalue weighted by Crippen LogP contribution is -2.48. The number of aliphatic hydroxyl groups excluding tert-OH is 2. The van der Waals surface area contributed by atoms with Crippen molar-refractivity contribution in [1.29, 1.82) is 0 Å². The van der Waals surface area contributed by atoms with Crippen molar-refractivity contribution in [1.82, 2.24) is 0 Å². The van der Waals surface area contributed by atoms with Gasteiger partial charge < -0.3 is 24.4 Å². The van der Waals surface area contributed by atoms with Crippen molar-refractivity contribution < 1.29 is 29.2 Å². The molecule has 0 unspecified atom stereocenters. The molecule has 0 bridgehead atoms. The molecule has 0 aliphatic carbocycles. The summed E-state index contributed by atoms with van der Waals surface area (Å²) in [6, 6.07) is 0. The molecule has 1 aliphatic heterocycles. The van der Waals surface area contributed by atoms with Crippen LogP contribution in [0.2, 0.25) is 0 Å². The first-order valence-corrected chi connectivity index (χ1v) is 6.18. The van der Waals surface area contributed by atoms with Gasteiger partial charge in [-0.25, -0.2) is 0 Å². The van der Waals surface area contributed by atoms with Crippen LogP contribution < -0.4 is 0 Å². The van der Waals surface area contributed by atoms with Gasteiger partial charge in [0.05, 0.1) is 25.4 Å². The lowest BCUT2D eigenvalue weighted by molar-refractivity contribution is -0.273. The number of carbonyl (C=O) groups is 1. The summed E-state index contributed by atoms with van der Waals surface area (Å²) in [5.41, 5.74) is 0. The van der Waals surface area contributed by atoms with Crippen LogP contribution in [0, 0.1) is 0 Å². The average Bonchev–Trinajstić information content (AvgIpc) is 2.33. The molecule has 1 saturated heterocycles. The SMILES string of the molecule is COC(=O)CC[C@@H](C)O[C@@H]1O[C@@H](C)[C@H](O)C[C@H]1O. The van der Waals surface area contributed by atoms with Gasteiger partial charge in [0.15, 0.2) is 6.29 Å². The van der Waals surface area contributed by atoms with Crippen LogP contribution in [0.1, 0.15) is 33.1 Å². The molecule has 0 spiro atoms. The molecule has 18 heavy (non-hydrogen) atoms. The van der Waals surface area contributed by atoms with Crippen LogP contribution in [-0.4, -0.2) is 54.0 Å². The molecule has 0 aromatic heterocycles. The van der Waals surface area contributed by atoms with Crippen molar-refractivity contribution in [2.45, 2.75) is 63.8 Å². The number of esters is 1. The summed E-state index contributed by atoms with van der Waals surface area (Å²) in [4.78, 5) is 11.0. The van der Waals surface area contributed by atoms with Gasteiger partial charge in [-0.3, -0.25) is 4.79 Å². The van der Waals surface area contributed by atoms with E-state index in [2.05, 4.69) is 4.74 Å². The first-order valence-electron chi connectivity index (χ1n) is 6.18. The van der Waals surface area contributed by atoms with E-state index in [1.54, 1.807) is 13.8 Å². The number of methoxy groups -OCH3 is 1. The van der Waals surface area contributed by atoms with E-state index < -0.39 is 18.5 Å². The number of hydrogen-bond acceptors (Lipinski definition) is 6. The van der Waals surface area contributed by atoms with Gasteiger partial charge in [0.2, 0.25) is 0 Å². The van der Waals surface area contributed by atoms with Gasteiger partial charge in [-0.1, -0.05) is 0 Å². The van der Waals surface area contributed by atoms with Gasteiger partial charge in [-0.05, 0) is 20.3 Å². The van der Waals surface area contributed by atoms with Crippen molar-refractivity contribution in [2.75, 3.05) is 7.11 Å². The van der Waals surface area contributed by atoms with Gasteiger partial charge in [0.1, 0.15) is 6.10 Å². The molecular weight excluding hydrogens is 240 g/mol. The maximum Gasteiger partial charge on any atom is 0.305 e. The third-order valence-electron chi connectivity index (χ3n) is 3.04. The Balaban J connectivity index is 2.34. The third-order valence-corrected chi connectivity index (χ3v) is 3.04. The van der Waals surface area contributed by atoms with E-state index >= 15 is 0 Å². The summed E-state index contributed by atoms with van der Waals surface area (Å²) in [7, 11) is 1.34. The number of aliphatic hydroxyl groups is 2. The van der Waals surface area contributed by atoms with E-state index in [1.807, 2.05) is 0 Å². The van der Waals surface area contributed by atoms with Crippen molar-refractivity contribution in [3.63, 3.8) is 0 Å². The van der Waals surface area contributed by atoms with Crippen LogP contribution >= 0.6 is 0 Å². The van der Waals surface area contributed by atoms with E-state index in [0.29, 0.717) is 6.42 Å².